The van der Waals surface area contributed by atoms with Gasteiger partial charge in [0, 0.05) is 0 Å². The van der Waals surface area contributed by atoms with Crippen LogP contribution < -0.4 is 5.32 Å². The van der Waals surface area contributed by atoms with Gasteiger partial charge in [-0.15, -0.1) is 0 Å². The van der Waals surface area contributed by atoms with Crippen LogP contribution in [0.2, 0.25) is 0 Å². The minimum absolute atomic E-state index is 0.340. The van der Waals surface area contributed by atoms with Crippen molar-refractivity contribution in [3.63, 3.8) is 0 Å². The van der Waals surface area contributed by atoms with Crippen molar-refractivity contribution in [2.75, 3.05) is 13.2 Å². The third kappa shape index (κ3) is 14.1. The maximum absolute atomic E-state index is 10.7. The highest BCUT2D eigenvalue weighted by molar-refractivity contribution is 5.73. The molecule has 126 valence electrons. The van der Waals surface area contributed by atoms with E-state index in [1.807, 2.05) is 0 Å². The molecule has 4 heteroatoms. The molecule has 0 spiro atoms. The fourth-order valence-corrected chi connectivity index (χ4v) is 2.47. The highest BCUT2D eigenvalue weighted by Gasteiger charge is 2.13. The van der Waals surface area contributed by atoms with Gasteiger partial charge in [-0.1, -0.05) is 77.6 Å². The number of nitrogens with one attached hydrogen (secondary N) is 1. The van der Waals surface area contributed by atoms with Gasteiger partial charge in [-0.05, 0) is 13.0 Å². The zero-order valence-corrected chi connectivity index (χ0v) is 13.8. The Kier molecular flexibility index (Phi) is 15.3. The molecule has 21 heavy (non-hydrogen) atoms. The average molecular weight is 301 g/mol. The van der Waals surface area contributed by atoms with Gasteiger partial charge in [-0.2, -0.15) is 0 Å². The number of hydrogen-bond donors (Lipinski definition) is 3. The molecule has 0 aliphatic rings. The summed E-state index contributed by atoms with van der Waals surface area (Å²) in [5.41, 5.74) is 0. The molecule has 4 nitrogen and oxygen atoms in total. The Labute approximate surface area is 130 Å². The molecule has 0 rings (SSSR count). The first-order valence-electron chi connectivity index (χ1n) is 8.79. The van der Waals surface area contributed by atoms with E-state index in [2.05, 4.69) is 12.2 Å². The highest BCUT2D eigenvalue weighted by Crippen LogP contribution is 2.11. The number of aliphatic hydroxyl groups excluding tert-OH is 1. The third-order valence-corrected chi connectivity index (χ3v) is 3.90. The Hall–Kier alpha value is -0.610. The lowest BCUT2D eigenvalue weighted by Gasteiger charge is -2.10. The molecule has 0 aromatic carbocycles. The Morgan fingerprint density at radius 3 is 1.67 bits per heavy atom. The molecule has 0 amide bonds. The Balaban J connectivity index is 3.14. The molecule has 0 radical (unpaired) electrons. The highest BCUT2D eigenvalue weighted by atomic mass is 16.4. The summed E-state index contributed by atoms with van der Waals surface area (Å²) in [6, 6.07) is -0.808. The van der Waals surface area contributed by atoms with Gasteiger partial charge in [0.2, 0.25) is 0 Å². The van der Waals surface area contributed by atoms with Gasteiger partial charge in [0.25, 0.3) is 0 Å². The lowest BCUT2D eigenvalue weighted by atomic mass is 10.1. The summed E-state index contributed by atoms with van der Waals surface area (Å²) in [6.07, 6.45) is 15.6. The van der Waals surface area contributed by atoms with Crippen molar-refractivity contribution in [2.45, 2.75) is 90.0 Å². The van der Waals surface area contributed by atoms with E-state index in [4.69, 9.17) is 10.2 Å². The van der Waals surface area contributed by atoms with E-state index < -0.39 is 12.0 Å². The van der Waals surface area contributed by atoms with E-state index in [-0.39, 0.29) is 6.61 Å². The molecule has 0 aliphatic heterocycles. The first-order chi connectivity index (χ1) is 10.2. The summed E-state index contributed by atoms with van der Waals surface area (Å²) in [5, 5.41) is 20.4. The molecule has 3 N–H and O–H groups in total. The van der Waals surface area contributed by atoms with E-state index in [1.165, 1.54) is 64.2 Å². The summed E-state index contributed by atoms with van der Waals surface area (Å²) in [5.74, 6) is -0.976. The largest absolute Gasteiger partial charge is 0.480 e. The van der Waals surface area contributed by atoms with Crippen LogP contribution in [0.5, 0.6) is 0 Å². The van der Waals surface area contributed by atoms with Crippen LogP contribution in [0.1, 0.15) is 84.0 Å². The third-order valence-electron chi connectivity index (χ3n) is 3.90. The number of carboxylic acids is 1. The first-order valence-corrected chi connectivity index (χ1v) is 8.79. The average Bonchev–Trinajstić information content (AvgIpc) is 2.47. The Bertz CT molecular complexity index is 234. The maximum atomic E-state index is 10.7. The number of rotatable bonds is 16. The molecule has 0 aliphatic carbocycles. The van der Waals surface area contributed by atoms with Gasteiger partial charge < -0.3 is 15.5 Å². The second kappa shape index (κ2) is 15.8. The number of aliphatic hydroxyl groups is 1. The number of unbranched alkanes of at least 4 members (excludes halogenated alkanes) is 11. The van der Waals surface area contributed by atoms with E-state index in [9.17, 15) is 4.79 Å². The summed E-state index contributed by atoms with van der Waals surface area (Å²) in [6.45, 7) is 2.59. The minimum Gasteiger partial charge on any atom is -0.480 e. The zero-order valence-electron chi connectivity index (χ0n) is 13.8. The Morgan fingerprint density at radius 1 is 0.857 bits per heavy atom. The molecule has 0 fully saturated rings. The number of hydrogen-bond acceptors (Lipinski definition) is 3. The van der Waals surface area contributed by atoms with Gasteiger partial charge >= 0.3 is 5.97 Å². The van der Waals surface area contributed by atoms with Crippen LogP contribution >= 0.6 is 0 Å². The molecular formula is C17H35NO3. The molecule has 1 unspecified atom stereocenters. The van der Waals surface area contributed by atoms with Crippen molar-refractivity contribution in [3.8, 4) is 0 Å². The van der Waals surface area contributed by atoms with Crippen molar-refractivity contribution in [1.29, 1.82) is 0 Å². The Morgan fingerprint density at radius 2 is 1.29 bits per heavy atom. The van der Waals surface area contributed by atoms with Crippen LogP contribution in [0.3, 0.4) is 0 Å². The first kappa shape index (κ1) is 20.4. The predicted octanol–water partition coefficient (Wildman–Crippen LogP) is 3.72. The lowest BCUT2D eigenvalue weighted by molar-refractivity contribution is -0.140. The van der Waals surface area contributed by atoms with Crippen molar-refractivity contribution >= 4 is 5.97 Å². The van der Waals surface area contributed by atoms with Crippen molar-refractivity contribution in [2.24, 2.45) is 0 Å². The molecule has 0 aromatic heterocycles. The van der Waals surface area contributed by atoms with Crippen LogP contribution in [0.25, 0.3) is 0 Å². The monoisotopic (exact) mass is 301 g/mol. The summed E-state index contributed by atoms with van der Waals surface area (Å²) < 4.78 is 0. The standard InChI is InChI=1S/C17H35NO3/c1-2-3-4-5-6-7-8-9-10-11-12-13-14-18-16(15-19)17(20)21/h16,18-19H,2-15H2,1H3,(H,20,21). The number of carboxylic acid groups (broad SMARTS) is 1. The van der Waals surface area contributed by atoms with Crippen molar-refractivity contribution in [1.82, 2.24) is 5.32 Å². The van der Waals surface area contributed by atoms with Crippen molar-refractivity contribution < 1.29 is 15.0 Å². The smallest absolute Gasteiger partial charge is 0.323 e. The van der Waals surface area contributed by atoms with Gasteiger partial charge in [-0.25, -0.2) is 0 Å². The molecule has 0 saturated carbocycles. The zero-order chi connectivity index (χ0) is 15.8. The fourth-order valence-electron chi connectivity index (χ4n) is 2.47. The topological polar surface area (TPSA) is 69.6 Å². The summed E-state index contributed by atoms with van der Waals surface area (Å²) >= 11 is 0. The lowest BCUT2D eigenvalue weighted by Crippen LogP contribution is -2.40. The van der Waals surface area contributed by atoms with Gasteiger partial charge in [0.05, 0.1) is 6.61 Å². The number of carbonyl (C=O) groups is 1. The SMILES string of the molecule is CCCCCCCCCCCCCCNC(CO)C(=O)O. The summed E-state index contributed by atoms with van der Waals surface area (Å²) in [7, 11) is 0. The fraction of sp³-hybridized carbons (Fsp3) is 0.941. The van der Waals surface area contributed by atoms with E-state index in [0.29, 0.717) is 6.54 Å². The van der Waals surface area contributed by atoms with Crippen LogP contribution in [0.15, 0.2) is 0 Å². The quantitative estimate of drug-likeness (QED) is 0.380. The molecule has 0 aromatic rings. The van der Waals surface area contributed by atoms with Gasteiger partial charge in [-0.3, -0.25) is 4.79 Å². The second-order valence-electron chi connectivity index (χ2n) is 5.92. The molecular weight excluding hydrogens is 266 g/mol. The van der Waals surface area contributed by atoms with E-state index >= 15 is 0 Å². The van der Waals surface area contributed by atoms with E-state index in [1.54, 1.807) is 0 Å². The van der Waals surface area contributed by atoms with E-state index in [0.717, 1.165) is 12.8 Å². The summed E-state index contributed by atoms with van der Waals surface area (Å²) in [4.78, 5) is 10.7. The normalized spacial score (nSPS) is 12.5. The second-order valence-corrected chi connectivity index (χ2v) is 5.92. The minimum atomic E-state index is -0.976. The van der Waals surface area contributed by atoms with Crippen LogP contribution in [-0.4, -0.2) is 35.4 Å². The van der Waals surface area contributed by atoms with Crippen LogP contribution in [0, 0.1) is 0 Å². The molecule has 0 bridgehead atoms. The van der Waals surface area contributed by atoms with Crippen LogP contribution in [0.4, 0.5) is 0 Å². The molecule has 0 heterocycles. The number of aliphatic carboxylic acids is 1. The molecule has 1 atom stereocenters. The van der Waals surface area contributed by atoms with Crippen molar-refractivity contribution in [3.05, 3.63) is 0 Å². The van der Waals surface area contributed by atoms with Gasteiger partial charge in [0.1, 0.15) is 6.04 Å². The van der Waals surface area contributed by atoms with Crippen LogP contribution in [-0.2, 0) is 4.79 Å². The predicted molar refractivity (Wildman–Crippen MR) is 87.6 cm³/mol. The van der Waals surface area contributed by atoms with Gasteiger partial charge in [0.15, 0.2) is 0 Å². The molecule has 0 saturated heterocycles. The maximum Gasteiger partial charge on any atom is 0.323 e.